The number of hydrogen-bond donors (Lipinski definition) is 1. The Morgan fingerprint density at radius 2 is 2.08 bits per heavy atom. The Bertz CT molecular complexity index is 694. The predicted octanol–water partition coefficient (Wildman–Crippen LogP) is 0.436. The number of nitrogens with one attached hydrogen (secondary N) is 1. The number of carbonyl (C=O) groups is 4. The van der Waals surface area contributed by atoms with Crippen molar-refractivity contribution < 1.29 is 23.9 Å². The summed E-state index contributed by atoms with van der Waals surface area (Å²) in [6, 6.07) is 6.71. The zero-order valence-electron chi connectivity index (χ0n) is 13.7. The lowest BCUT2D eigenvalue weighted by Gasteiger charge is -2.13. The number of rotatable bonds is 7. The first kappa shape index (κ1) is 18.7. The molecule has 0 bridgehead atoms. The molecule has 0 radical (unpaired) electrons. The van der Waals surface area contributed by atoms with Crippen molar-refractivity contribution in [2.75, 3.05) is 33.3 Å². The molecule has 0 saturated carbocycles. The summed E-state index contributed by atoms with van der Waals surface area (Å²) < 4.78 is 4.78. The van der Waals surface area contributed by atoms with E-state index in [0.29, 0.717) is 18.0 Å². The Morgan fingerprint density at radius 1 is 1.32 bits per heavy atom. The van der Waals surface area contributed by atoms with Crippen LogP contribution >= 0.6 is 11.6 Å². The van der Waals surface area contributed by atoms with E-state index < -0.39 is 37.0 Å². The number of carbonyl (C=O) groups excluding carboxylic acids is 4. The monoisotopic (exact) mass is 367 g/mol. The molecule has 1 saturated heterocycles. The van der Waals surface area contributed by atoms with E-state index in [1.165, 1.54) is 11.9 Å². The number of benzene rings is 1. The Morgan fingerprint density at radius 3 is 2.72 bits per heavy atom. The minimum Gasteiger partial charge on any atom is -0.454 e. The summed E-state index contributed by atoms with van der Waals surface area (Å²) in [6.45, 7) is -0.682. The van der Waals surface area contributed by atoms with Crippen molar-refractivity contribution in [1.82, 2.24) is 15.1 Å². The maximum atomic E-state index is 11.7. The largest absolute Gasteiger partial charge is 0.454 e. The number of ether oxygens (including phenoxy) is 1. The number of imide groups is 1. The third-order valence-electron chi connectivity index (χ3n) is 3.51. The standard InChI is InChI=1S/C16H18ClN3O5/c1-19-8-14(22)20(16(19)24)9-15(23)25-10-13(21)18-6-5-11-3-2-4-12(17)7-11/h2-4,7H,5-6,8-10H2,1H3,(H,18,21). The van der Waals surface area contributed by atoms with Gasteiger partial charge in [0.25, 0.3) is 11.8 Å². The van der Waals surface area contributed by atoms with E-state index in [1.54, 1.807) is 12.1 Å². The van der Waals surface area contributed by atoms with Gasteiger partial charge in [0.2, 0.25) is 0 Å². The number of hydrogen-bond acceptors (Lipinski definition) is 5. The highest BCUT2D eigenvalue weighted by molar-refractivity contribution is 6.30. The number of urea groups is 1. The highest BCUT2D eigenvalue weighted by Gasteiger charge is 2.35. The van der Waals surface area contributed by atoms with Crippen LogP contribution in [-0.2, 0) is 25.5 Å². The zero-order chi connectivity index (χ0) is 18.4. The summed E-state index contributed by atoms with van der Waals surface area (Å²) in [6.07, 6.45) is 0.587. The van der Waals surface area contributed by atoms with Gasteiger partial charge < -0.3 is 15.0 Å². The zero-order valence-corrected chi connectivity index (χ0v) is 14.4. The molecule has 0 unspecified atom stereocenters. The lowest BCUT2D eigenvalue weighted by Crippen LogP contribution is -2.38. The lowest BCUT2D eigenvalue weighted by atomic mass is 10.1. The van der Waals surface area contributed by atoms with E-state index in [2.05, 4.69) is 5.32 Å². The highest BCUT2D eigenvalue weighted by Crippen LogP contribution is 2.10. The first-order valence-corrected chi connectivity index (χ1v) is 7.97. The second-order valence-electron chi connectivity index (χ2n) is 5.51. The van der Waals surface area contributed by atoms with E-state index in [1.807, 2.05) is 12.1 Å². The van der Waals surface area contributed by atoms with Gasteiger partial charge in [0.15, 0.2) is 6.61 Å². The van der Waals surface area contributed by atoms with Crippen molar-refractivity contribution in [3.63, 3.8) is 0 Å². The average molecular weight is 368 g/mol. The maximum Gasteiger partial charge on any atom is 0.327 e. The molecule has 1 aromatic carbocycles. The second-order valence-corrected chi connectivity index (χ2v) is 5.95. The van der Waals surface area contributed by atoms with Crippen molar-refractivity contribution in [3.8, 4) is 0 Å². The fraction of sp³-hybridized carbons (Fsp3) is 0.375. The first-order chi connectivity index (χ1) is 11.9. The molecule has 0 atom stereocenters. The van der Waals surface area contributed by atoms with Crippen molar-refractivity contribution in [1.29, 1.82) is 0 Å². The maximum absolute atomic E-state index is 11.7. The molecule has 8 nitrogen and oxygen atoms in total. The van der Waals surface area contributed by atoms with E-state index in [-0.39, 0.29) is 6.54 Å². The third kappa shape index (κ3) is 5.46. The van der Waals surface area contributed by atoms with Gasteiger partial charge in [-0.25, -0.2) is 4.79 Å². The van der Waals surface area contributed by atoms with Crippen LogP contribution in [-0.4, -0.2) is 66.9 Å². The number of likely N-dealkylation sites (N-methyl/N-ethyl adjacent to an activating group) is 1. The fourth-order valence-corrected chi connectivity index (χ4v) is 2.45. The summed E-state index contributed by atoms with van der Waals surface area (Å²) in [5.74, 6) is -1.76. The van der Waals surface area contributed by atoms with Crippen molar-refractivity contribution in [2.45, 2.75) is 6.42 Å². The van der Waals surface area contributed by atoms with Gasteiger partial charge in [0.05, 0.1) is 0 Å². The van der Waals surface area contributed by atoms with E-state index in [0.717, 1.165) is 10.5 Å². The van der Waals surface area contributed by atoms with Crippen molar-refractivity contribution in [2.24, 2.45) is 0 Å². The van der Waals surface area contributed by atoms with Crippen molar-refractivity contribution >= 4 is 35.4 Å². The lowest BCUT2D eigenvalue weighted by molar-refractivity contribution is -0.150. The van der Waals surface area contributed by atoms with Gasteiger partial charge in [-0.1, -0.05) is 23.7 Å². The average Bonchev–Trinajstić information content (AvgIpc) is 2.79. The minimum atomic E-state index is -0.818. The van der Waals surface area contributed by atoms with Gasteiger partial charge in [-0.3, -0.25) is 19.3 Å². The fourth-order valence-electron chi connectivity index (χ4n) is 2.23. The quantitative estimate of drug-likeness (QED) is 0.557. The predicted molar refractivity (Wildman–Crippen MR) is 88.9 cm³/mol. The van der Waals surface area contributed by atoms with Gasteiger partial charge in [0.1, 0.15) is 13.1 Å². The molecule has 0 spiro atoms. The third-order valence-corrected chi connectivity index (χ3v) is 3.74. The molecule has 2 rings (SSSR count). The van der Waals surface area contributed by atoms with Crippen LogP contribution in [0.1, 0.15) is 5.56 Å². The molecule has 1 aliphatic heterocycles. The van der Waals surface area contributed by atoms with Crippen LogP contribution in [0, 0.1) is 0 Å². The van der Waals surface area contributed by atoms with E-state index in [4.69, 9.17) is 16.3 Å². The first-order valence-electron chi connectivity index (χ1n) is 7.59. The molecule has 1 heterocycles. The van der Waals surface area contributed by atoms with Gasteiger partial charge in [-0.2, -0.15) is 0 Å². The van der Waals surface area contributed by atoms with Crippen LogP contribution in [0.5, 0.6) is 0 Å². The van der Waals surface area contributed by atoms with Crippen LogP contribution in [0.15, 0.2) is 24.3 Å². The number of nitrogens with zero attached hydrogens (tertiary/aromatic N) is 2. The van der Waals surface area contributed by atoms with Crippen LogP contribution < -0.4 is 5.32 Å². The summed E-state index contributed by atoms with van der Waals surface area (Å²) in [5.41, 5.74) is 0.972. The Labute approximate surface area is 149 Å². The molecular weight excluding hydrogens is 350 g/mol. The Hall–Kier alpha value is -2.61. The Balaban J connectivity index is 1.66. The Kier molecular flexibility index (Phi) is 6.35. The normalized spacial score (nSPS) is 14.0. The molecular formula is C16H18ClN3O5. The smallest absolute Gasteiger partial charge is 0.327 e. The van der Waals surface area contributed by atoms with E-state index >= 15 is 0 Å². The van der Waals surface area contributed by atoms with Crippen LogP contribution in [0.4, 0.5) is 4.79 Å². The minimum absolute atomic E-state index is 0.0733. The number of halogens is 1. The SMILES string of the molecule is CN1CC(=O)N(CC(=O)OCC(=O)NCCc2cccc(Cl)c2)C1=O. The van der Waals surface area contributed by atoms with Gasteiger partial charge >= 0.3 is 12.0 Å². The van der Waals surface area contributed by atoms with Gasteiger partial charge in [-0.15, -0.1) is 0 Å². The van der Waals surface area contributed by atoms with Crippen LogP contribution in [0.3, 0.4) is 0 Å². The molecule has 4 amide bonds. The van der Waals surface area contributed by atoms with Crippen LogP contribution in [0.25, 0.3) is 0 Å². The second kappa shape index (κ2) is 8.48. The van der Waals surface area contributed by atoms with Crippen molar-refractivity contribution in [3.05, 3.63) is 34.9 Å². The van der Waals surface area contributed by atoms with Gasteiger partial charge in [-0.05, 0) is 24.1 Å². The molecule has 1 aromatic rings. The number of esters is 1. The molecule has 0 aromatic heterocycles. The molecule has 134 valence electrons. The summed E-state index contributed by atoms with van der Waals surface area (Å²) >= 11 is 5.87. The molecule has 25 heavy (non-hydrogen) atoms. The highest BCUT2D eigenvalue weighted by atomic mass is 35.5. The molecule has 0 aliphatic carbocycles. The van der Waals surface area contributed by atoms with Gasteiger partial charge in [0, 0.05) is 18.6 Å². The summed E-state index contributed by atoms with van der Waals surface area (Å²) in [4.78, 5) is 48.4. The molecule has 9 heteroatoms. The summed E-state index contributed by atoms with van der Waals surface area (Å²) in [7, 11) is 1.46. The summed E-state index contributed by atoms with van der Waals surface area (Å²) in [5, 5.41) is 3.23. The molecule has 1 N–H and O–H groups in total. The van der Waals surface area contributed by atoms with Crippen LogP contribution in [0.2, 0.25) is 5.02 Å². The molecule has 1 aliphatic rings. The van der Waals surface area contributed by atoms with E-state index in [9.17, 15) is 19.2 Å². The molecule has 1 fully saturated rings. The topological polar surface area (TPSA) is 96.0 Å². The number of amides is 4.